The lowest BCUT2D eigenvalue weighted by Crippen LogP contribution is -2.50. The van der Waals surface area contributed by atoms with E-state index in [2.05, 4.69) is 15.5 Å². The van der Waals surface area contributed by atoms with Gasteiger partial charge in [0.05, 0.1) is 37.4 Å². The lowest BCUT2D eigenvalue weighted by atomic mass is 9.93. The number of nitrogens with zero attached hydrogens (tertiary/aromatic N) is 1. The van der Waals surface area contributed by atoms with Gasteiger partial charge in [0.25, 0.3) is 0 Å². The van der Waals surface area contributed by atoms with Crippen LogP contribution in [0.1, 0.15) is 45.2 Å². The summed E-state index contributed by atoms with van der Waals surface area (Å²) in [4.78, 5) is 40.0. The number of carbonyl (C=O) groups is 3. The third-order valence-corrected chi connectivity index (χ3v) is 5.69. The van der Waals surface area contributed by atoms with Crippen molar-refractivity contribution in [3.05, 3.63) is 41.1 Å². The minimum Gasteiger partial charge on any atom is -0.494 e. The van der Waals surface area contributed by atoms with Crippen LogP contribution in [0.25, 0.3) is 0 Å². The molecule has 0 spiro atoms. The third-order valence-electron chi connectivity index (χ3n) is 5.69. The van der Waals surface area contributed by atoms with E-state index in [-0.39, 0.29) is 18.5 Å². The average Bonchev–Trinajstić information content (AvgIpc) is 2.80. The molecule has 3 rings (SSSR count). The van der Waals surface area contributed by atoms with Crippen molar-refractivity contribution in [2.24, 2.45) is 5.92 Å². The number of urea groups is 1. The maximum atomic E-state index is 13.1. The van der Waals surface area contributed by atoms with E-state index >= 15 is 0 Å². The zero-order valence-corrected chi connectivity index (χ0v) is 19.5. The number of hydrogen-bond donors (Lipinski definition) is 2. The van der Waals surface area contributed by atoms with Crippen LogP contribution in [-0.2, 0) is 19.1 Å². The second-order valence-corrected chi connectivity index (χ2v) is 7.94. The molecule has 2 aliphatic heterocycles. The van der Waals surface area contributed by atoms with Gasteiger partial charge in [0.2, 0.25) is 0 Å². The van der Waals surface area contributed by atoms with Crippen molar-refractivity contribution >= 4 is 18.0 Å². The lowest BCUT2D eigenvalue weighted by molar-refractivity contribution is -0.150. The van der Waals surface area contributed by atoms with Crippen molar-refractivity contribution in [2.45, 2.75) is 39.7 Å². The molecule has 0 radical (unpaired) electrons. The van der Waals surface area contributed by atoms with Gasteiger partial charge in [-0.25, -0.2) is 9.59 Å². The smallest absolute Gasteiger partial charge is 0.338 e. The molecule has 2 amide bonds. The van der Waals surface area contributed by atoms with E-state index < -0.39 is 18.0 Å². The van der Waals surface area contributed by atoms with Gasteiger partial charge in [-0.15, -0.1) is 0 Å². The third kappa shape index (κ3) is 6.04. The van der Waals surface area contributed by atoms with Gasteiger partial charge in [0.15, 0.2) is 0 Å². The molecule has 2 atom stereocenters. The number of rotatable bonds is 9. The zero-order chi connectivity index (χ0) is 23.8. The molecule has 9 nitrogen and oxygen atoms in total. The summed E-state index contributed by atoms with van der Waals surface area (Å²) in [6, 6.07) is 6.19. The molecule has 2 heterocycles. The Labute approximate surface area is 194 Å². The Hall–Kier alpha value is -3.07. The van der Waals surface area contributed by atoms with Crippen LogP contribution in [0, 0.1) is 5.92 Å². The van der Waals surface area contributed by atoms with E-state index in [1.165, 1.54) is 0 Å². The van der Waals surface area contributed by atoms with Crippen LogP contribution in [0.4, 0.5) is 4.79 Å². The first-order chi connectivity index (χ1) is 16.0. The molecule has 33 heavy (non-hydrogen) atoms. The van der Waals surface area contributed by atoms with Crippen molar-refractivity contribution in [3.8, 4) is 5.75 Å². The van der Waals surface area contributed by atoms with Crippen LogP contribution in [0.2, 0.25) is 0 Å². The predicted octanol–water partition coefficient (Wildman–Crippen LogP) is 2.53. The largest absolute Gasteiger partial charge is 0.494 e. The van der Waals surface area contributed by atoms with Crippen molar-refractivity contribution in [1.29, 1.82) is 0 Å². The molecule has 0 unspecified atom stereocenters. The Morgan fingerprint density at radius 1 is 1.09 bits per heavy atom. The molecule has 1 aromatic carbocycles. The maximum Gasteiger partial charge on any atom is 0.338 e. The van der Waals surface area contributed by atoms with Crippen molar-refractivity contribution in [2.75, 3.05) is 39.5 Å². The van der Waals surface area contributed by atoms with Crippen LogP contribution in [0.3, 0.4) is 0 Å². The van der Waals surface area contributed by atoms with Crippen LogP contribution in [0.5, 0.6) is 5.75 Å². The normalized spacial score (nSPS) is 21.1. The number of para-hydroxylation sites is 1. The van der Waals surface area contributed by atoms with Gasteiger partial charge in [0, 0.05) is 24.4 Å². The standard InChI is InChI=1S/C24H33N3O6/c1-4-31-19-12-8-7-11-17(19)21-20(23(29)33-6-3)18(25-24(30)26-21)15-27-13-9-10-16(14-27)22(28)32-5-2/h7-8,11-12,16,21H,4-6,9-10,13-15H2,1-3H3,(H2,25,26,30)/t16-,21-/m0/s1. The quantitative estimate of drug-likeness (QED) is 0.547. The SMILES string of the molecule is CCOC(=O)C1=C(CN2CCC[C@H](C(=O)OCC)C2)NC(=O)N[C@H]1c1ccccc1OCC. The van der Waals surface area contributed by atoms with E-state index in [1.807, 2.05) is 31.2 Å². The number of carbonyl (C=O) groups excluding carboxylic acids is 3. The molecule has 1 aromatic rings. The Morgan fingerprint density at radius 2 is 1.85 bits per heavy atom. The van der Waals surface area contributed by atoms with Gasteiger partial charge < -0.3 is 24.8 Å². The molecule has 2 N–H and O–H groups in total. The molecule has 180 valence electrons. The van der Waals surface area contributed by atoms with E-state index in [0.717, 1.165) is 19.4 Å². The second kappa shape index (κ2) is 11.7. The summed E-state index contributed by atoms with van der Waals surface area (Å²) in [6.45, 7) is 7.97. The molecule has 0 bridgehead atoms. The number of hydrogen-bond acceptors (Lipinski definition) is 7. The van der Waals surface area contributed by atoms with Crippen molar-refractivity contribution in [3.63, 3.8) is 0 Å². The Morgan fingerprint density at radius 3 is 2.58 bits per heavy atom. The first-order valence-corrected chi connectivity index (χ1v) is 11.6. The summed E-state index contributed by atoms with van der Waals surface area (Å²) in [5, 5.41) is 5.65. The van der Waals surface area contributed by atoms with Gasteiger partial charge in [0.1, 0.15) is 5.75 Å². The van der Waals surface area contributed by atoms with Crippen LogP contribution >= 0.6 is 0 Å². The summed E-state index contributed by atoms with van der Waals surface area (Å²) in [7, 11) is 0. The van der Waals surface area contributed by atoms with Gasteiger partial charge in [-0.3, -0.25) is 9.69 Å². The van der Waals surface area contributed by atoms with E-state index in [1.54, 1.807) is 13.8 Å². The molecule has 0 aromatic heterocycles. The number of amides is 2. The zero-order valence-electron chi connectivity index (χ0n) is 19.5. The molecule has 1 saturated heterocycles. The summed E-state index contributed by atoms with van der Waals surface area (Å²) in [5.41, 5.74) is 1.48. The monoisotopic (exact) mass is 459 g/mol. The minimum atomic E-state index is -0.721. The van der Waals surface area contributed by atoms with Crippen molar-refractivity contribution < 1.29 is 28.6 Å². The molecule has 2 aliphatic rings. The topological polar surface area (TPSA) is 106 Å². The Balaban J connectivity index is 1.95. The van der Waals surface area contributed by atoms with Gasteiger partial charge in [-0.1, -0.05) is 18.2 Å². The highest BCUT2D eigenvalue weighted by atomic mass is 16.5. The lowest BCUT2D eigenvalue weighted by Gasteiger charge is -2.35. The number of benzene rings is 1. The number of likely N-dealkylation sites (tertiary alicyclic amines) is 1. The summed E-state index contributed by atoms with van der Waals surface area (Å²) >= 11 is 0. The number of nitrogens with one attached hydrogen (secondary N) is 2. The molecule has 0 saturated carbocycles. The van der Waals surface area contributed by atoms with E-state index in [4.69, 9.17) is 14.2 Å². The first-order valence-electron chi connectivity index (χ1n) is 11.6. The predicted molar refractivity (Wildman–Crippen MR) is 121 cm³/mol. The van der Waals surface area contributed by atoms with Gasteiger partial charge in [-0.2, -0.15) is 0 Å². The van der Waals surface area contributed by atoms with Crippen molar-refractivity contribution in [1.82, 2.24) is 15.5 Å². The highest BCUT2D eigenvalue weighted by Gasteiger charge is 2.36. The molecule has 0 aliphatic carbocycles. The summed E-state index contributed by atoms with van der Waals surface area (Å²) in [6.07, 6.45) is 1.59. The van der Waals surface area contributed by atoms with Crippen LogP contribution < -0.4 is 15.4 Å². The van der Waals surface area contributed by atoms with Gasteiger partial charge in [-0.05, 0) is 46.2 Å². The second-order valence-electron chi connectivity index (χ2n) is 7.94. The maximum absolute atomic E-state index is 13.1. The fourth-order valence-corrected chi connectivity index (χ4v) is 4.31. The molecular weight excluding hydrogens is 426 g/mol. The summed E-state index contributed by atoms with van der Waals surface area (Å²) in [5.74, 6) is -0.346. The van der Waals surface area contributed by atoms with Gasteiger partial charge >= 0.3 is 18.0 Å². The van der Waals surface area contributed by atoms with E-state index in [9.17, 15) is 14.4 Å². The fourth-order valence-electron chi connectivity index (χ4n) is 4.31. The molecule has 1 fully saturated rings. The number of piperidine rings is 1. The Bertz CT molecular complexity index is 900. The van der Waals surface area contributed by atoms with E-state index in [0.29, 0.717) is 48.9 Å². The molecular formula is C24H33N3O6. The number of ether oxygens (including phenoxy) is 3. The average molecular weight is 460 g/mol. The van der Waals surface area contributed by atoms with Crippen LogP contribution in [0.15, 0.2) is 35.5 Å². The molecule has 9 heteroatoms. The fraction of sp³-hybridized carbons (Fsp3) is 0.542. The Kier molecular flexibility index (Phi) is 8.71. The van der Waals surface area contributed by atoms with Crippen LogP contribution in [-0.4, -0.2) is 62.3 Å². The highest BCUT2D eigenvalue weighted by molar-refractivity contribution is 5.95. The highest BCUT2D eigenvalue weighted by Crippen LogP contribution is 2.34. The minimum absolute atomic E-state index is 0.206. The first kappa shape index (κ1) is 24.6. The number of esters is 2. The summed E-state index contributed by atoms with van der Waals surface area (Å²) < 4.78 is 16.3.